The first-order valence-corrected chi connectivity index (χ1v) is 8.29. The molecule has 3 aliphatic heterocycles. The third-order valence-corrected chi connectivity index (χ3v) is 4.23. The summed E-state index contributed by atoms with van der Waals surface area (Å²) in [6, 6.07) is -0.0938. The second kappa shape index (κ2) is 7.35. The smallest absolute Gasteiger partial charge is 0.216 e. The van der Waals surface area contributed by atoms with E-state index in [9.17, 15) is 4.79 Å². The van der Waals surface area contributed by atoms with Crippen LogP contribution >= 0.6 is 9.03 Å². The maximum absolute atomic E-state index is 11.0. The van der Waals surface area contributed by atoms with Gasteiger partial charge >= 0.3 is 0 Å². The number of hydrogen-bond acceptors (Lipinski definition) is 7. The van der Waals surface area contributed by atoms with Gasteiger partial charge in [0.05, 0.1) is 19.0 Å². The van der Waals surface area contributed by atoms with Gasteiger partial charge < -0.3 is 19.5 Å². The van der Waals surface area contributed by atoms with Gasteiger partial charge in [0.15, 0.2) is 9.03 Å². The van der Waals surface area contributed by atoms with Gasteiger partial charge in [-0.3, -0.25) is 19.6 Å². The van der Waals surface area contributed by atoms with Crippen molar-refractivity contribution in [2.24, 2.45) is 9.98 Å². The van der Waals surface area contributed by atoms with E-state index in [4.69, 9.17) is 14.2 Å². The summed E-state index contributed by atoms with van der Waals surface area (Å²) in [5.74, 6) is 0.758. The van der Waals surface area contributed by atoms with Crippen LogP contribution in [0.5, 0.6) is 0 Å². The van der Waals surface area contributed by atoms with E-state index in [0.717, 1.165) is 25.1 Å². The molecule has 0 aromatic heterocycles. The molecule has 1 fully saturated rings. The molecular formula is C13H20N5O4P. The Morgan fingerprint density at radius 2 is 2.52 bits per heavy atom. The highest BCUT2D eigenvalue weighted by molar-refractivity contribution is 7.24. The Kier molecular flexibility index (Phi) is 5.22. The summed E-state index contributed by atoms with van der Waals surface area (Å²) in [5, 5.41) is 3.01. The normalized spacial score (nSPS) is 35.1. The van der Waals surface area contributed by atoms with Crippen molar-refractivity contribution in [1.82, 2.24) is 15.1 Å². The maximum Gasteiger partial charge on any atom is 0.216 e. The quantitative estimate of drug-likeness (QED) is 0.519. The first kappa shape index (κ1) is 16.3. The third-order valence-electron chi connectivity index (χ3n) is 3.93. The van der Waals surface area contributed by atoms with E-state index in [1.807, 2.05) is 11.8 Å². The van der Waals surface area contributed by atoms with Gasteiger partial charge in [-0.05, 0) is 19.8 Å². The van der Waals surface area contributed by atoms with Gasteiger partial charge in [0.25, 0.3) is 0 Å². The first-order valence-electron chi connectivity index (χ1n) is 7.44. The zero-order chi connectivity index (χ0) is 16.2. The Labute approximate surface area is 136 Å². The molecule has 3 rings (SSSR count). The molecule has 2 N–H and O–H groups in total. The van der Waals surface area contributed by atoms with Crippen LogP contribution in [0.25, 0.3) is 0 Å². The number of carbonyl (C=O) groups is 1. The topological polar surface area (TPSA) is 99.0 Å². The zero-order valence-electron chi connectivity index (χ0n) is 12.7. The van der Waals surface area contributed by atoms with Crippen LogP contribution in [0.4, 0.5) is 0 Å². The molecular weight excluding hydrogens is 321 g/mol. The lowest BCUT2D eigenvalue weighted by Crippen LogP contribution is -2.42. The number of carbonyl (C=O) groups excluding carboxylic acids is 1. The van der Waals surface area contributed by atoms with Crippen LogP contribution < -0.4 is 5.32 Å². The summed E-state index contributed by atoms with van der Waals surface area (Å²) in [6.07, 6.45) is 6.82. The fourth-order valence-corrected chi connectivity index (χ4v) is 3.02. The number of nitrogens with zero attached hydrogens (tertiary/aromatic N) is 4. The number of nitrogens with one attached hydrogen (secondary N) is 1. The maximum atomic E-state index is 11.0. The largest absolute Gasteiger partial charge is 0.352 e. The molecule has 0 bridgehead atoms. The summed E-state index contributed by atoms with van der Waals surface area (Å²) in [4.78, 5) is 32.1. The molecule has 9 nitrogen and oxygen atoms in total. The summed E-state index contributed by atoms with van der Waals surface area (Å²) in [5.41, 5.74) is 0. The molecule has 0 radical (unpaired) electrons. The van der Waals surface area contributed by atoms with Crippen LogP contribution in [-0.2, 0) is 14.1 Å². The Balaban J connectivity index is 1.67. The van der Waals surface area contributed by atoms with Crippen molar-refractivity contribution >= 4 is 27.6 Å². The number of rotatable bonds is 6. The van der Waals surface area contributed by atoms with E-state index >= 15 is 0 Å². The minimum atomic E-state index is -0.522. The molecule has 23 heavy (non-hydrogen) atoms. The van der Waals surface area contributed by atoms with Gasteiger partial charge in [0.1, 0.15) is 18.1 Å². The highest BCUT2D eigenvalue weighted by Gasteiger charge is 2.36. The van der Waals surface area contributed by atoms with Crippen LogP contribution in [-0.4, -0.2) is 64.5 Å². The molecule has 0 aromatic carbocycles. The lowest BCUT2D eigenvalue weighted by atomic mass is 10.2. The van der Waals surface area contributed by atoms with E-state index < -0.39 is 15.3 Å². The number of hydrogen-bond donors (Lipinski definition) is 2. The molecule has 126 valence electrons. The molecule has 0 aromatic rings. The minimum Gasteiger partial charge on any atom is -0.352 e. The van der Waals surface area contributed by atoms with Gasteiger partial charge in [-0.1, -0.05) is 0 Å². The van der Waals surface area contributed by atoms with E-state index in [1.54, 1.807) is 18.7 Å². The summed E-state index contributed by atoms with van der Waals surface area (Å²) in [6.45, 7) is 2.33. The average Bonchev–Trinajstić information content (AvgIpc) is 3.27. The predicted molar refractivity (Wildman–Crippen MR) is 85.6 cm³/mol. The number of ether oxygens (including phenoxy) is 1. The molecule has 3 aliphatic rings. The summed E-state index contributed by atoms with van der Waals surface area (Å²) in [7, 11) is -0.522. The lowest BCUT2D eigenvalue weighted by Gasteiger charge is -2.26. The van der Waals surface area contributed by atoms with Crippen molar-refractivity contribution in [2.75, 3.05) is 6.61 Å². The predicted octanol–water partition coefficient (Wildman–Crippen LogP) is -0.0438. The Morgan fingerprint density at radius 3 is 3.30 bits per heavy atom. The summed E-state index contributed by atoms with van der Waals surface area (Å²) < 4.78 is 11.0. The SMILES string of the molecule is CC1N=CN(C2CCC(COPO)O2)/C1=N/C1NC=CN1C=O. The van der Waals surface area contributed by atoms with Crippen molar-refractivity contribution in [3.63, 3.8) is 0 Å². The highest BCUT2D eigenvalue weighted by atomic mass is 31.1. The molecule has 0 saturated carbocycles. The molecule has 1 saturated heterocycles. The monoisotopic (exact) mass is 341 g/mol. The van der Waals surface area contributed by atoms with Gasteiger partial charge in [-0.2, -0.15) is 0 Å². The molecule has 5 unspecified atom stereocenters. The first-order chi connectivity index (χ1) is 11.2. The highest BCUT2D eigenvalue weighted by Crippen LogP contribution is 2.26. The average molecular weight is 341 g/mol. The Bertz CT molecular complexity index is 528. The number of aliphatic imine (C=N–C) groups is 2. The van der Waals surface area contributed by atoms with Gasteiger partial charge in [0, 0.05) is 12.4 Å². The van der Waals surface area contributed by atoms with Crippen LogP contribution in [0, 0.1) is 0 Å². The van der Waals surface area contributed by atoms with Crippen molar-refractivity contribution in [1.29, 1.82) is 0 Å². The lowest BCUT2D eigenvalue weighted by molar-refractivity contribution is -0.117. The molecule has 10 heteroatoms. The van der Waals surface area contributed by atoms with Gasteiger partial charge in [-0.15, -0.1) is 0 Å². The van der Waals surface area contributed by atoms with Crippen LogP contribution in [0.1, 0.15) is 19.8 Å². The molecule has 3 heterocycles. The molecule has 0 aliphatic carbocycles. The van der Waals surface area contributed by atoms with E-state index in [-0.39, 0.29) is 18.4 Å². The van der Waals surface area contributed by atoms with Crippen molar-refractivity contribution in [3.05, 3.63) is 12.4 Å². The fraction of sp³-hybridized carbons (Fsp3) is 0.615. The number of amides is 1. The van der Waals surface area contributed by atoms with Gasteiger partial charge in [0.2, 0.25) is 12.7 Å². The van der Waals surface area contributed by atoms with Crippen LogP contribution in [0.2, 0.25) is 0 Å². The van der Waals surface area contributed by atoms with Crippen LogP contribution in [0.3, 0.4) is 0 Å². The minimum absolute atomic E-state index is 0.0389. The van der Waals surface area contributed by atoms with E-state index in [2.05, 4.69) is 15.3 Å². The van der Waals surface area contributed by atoms with Crippen molar-refractivity contribution in [2.45, 2.75) is 44.4 Å². The van der Waals surface area contributed by atoms with Crippen molar-refractivity contribution in [3.8, 4) is 0 Å². The Hall–Kier alpha value is -1.54. The number of amidine groups is 1. The fourth-order valence-electron chi connectivity index (χ4n) is 2.76. The van der Waals surface area contributed by atoms with Crippen LogP contribution in [0.15, 0.2) is 22.4 Å². The summed E-state index contributed by atoms with van der Waals surface area (Å²) >= 11 is 0. The molecule has 1 amide bonds. The van der Waals surface area contributed by atoms with E-state index in [1.165, 1.54) is 4.90 Å². The Morgan fingerprint density at radius 1 is 1.65 bits per heavy atom. The standard InChI is InChI=1S/C13H20N5O4P/c1-9-12(16-13-14-4-5-17(13)8-19)18(7-15-9)11-3-2-10(22-11)6-21-23-20/h4-5,7-11,13-14,20,23H,2-3,6H2,1H3/b16-12+. The second-order valence-electron chi connectivity index (χ2n) is 5.44. The molecule has 5 atom stereocenters. The molecule has 0 spiro atoms. The second-order valence-corrected chi connectivity index (χ2v) is 5.91. The van der Waals surface area contributed by atoms with Crippen molar-refractivity contribution < 1.29 is 18.9 Å². The van der Waals surface area contributed by atoms with Gasteiger partial charge in [-0.25, -0.2) is 4.99 Å². The zero-order valence-corrected chi connectivity index (χ0v) is 13.7. The van der Waals surface area contributed by atoms with E-state index in [0.29, 0.717) is 6.61 Å². The third kappa shape index (κ3) is 3.53.